The molecule has 0 bridgehead atoms. The van der Waals surface area contributed by atoms with Crippen molar-refractivity contribution in [3.05, 3.63) is 56.8 Å². The van der Waals surface area contributed by atoms with Crippen LogP contribution in [0.25, 0.3) is 0 Å². The molecule has 1 heterocycles. The van der Waals surface area contributed by atoms with E-state index in [1.165, 1.54) is 19.1 Å². The van der Waals surface area contributed by atoms with Crippen LogP contribution in [-0.2, 0) is 13.1 Å². The first-order valence-electron chi connectivity index (χ1n) is 5.31. The Bertz CT molecular complexity index is 585. The fraction of sp³-hybridized carbons (Fsp3) is 0.364. The van der Waals surface area contributed by atoms with Gasteiger partial charge < -0.3 is 5.11 Å². The molecule has 0 aliphatic rings. The zero-order valence-corrected chi connectivity index (χ0v) is 10.1. The Morgan fingerprint density at radius 1 is 1.06 bits per heavy atom. The molecule has 1 atom stereocenters. The number of aliphatic hydroxyl groups is 1. The van der Waals surface area contributed by atoms with Gasteiger partial charge in [0.1, 0.15) is 6.23 Å². The summed E-state index contributed by atoms with van der Waals surface area (Å²) < 4.78 is 2.25. The van der Waals surface area contributed by atoms with E-state index in [1.54, 1.807) is 0 Å². The molecule has 98 valence electrons. The summed E-state index contributed by atoms with van der Waals surface area (Å²) in [5.74, 6) is 0. The largest absolute Gasteiger partial charge is 0.373 e. The van der Waals surface area contributed by atoms with Crippen molar-refractivity contribution in [1.82, 2.24) is 13.7 Å². The average Bonchev–Trinajstić information content (AvgIpc) is 2.30. The van der Waals surface area contributed by atoms with Crippen molar-refractivity contribution in [2.45, 2.75) is 26.2 Å². The Balaban J connectivity index is 3.81. The van der Waals surface area contributed by atoms with Gasteiger partial charge >= 0.3 is 17.1 Å². The standard InChI is InChI=1S/C11H15N3O4/c1-4-6-12-9(16)13(7-5-2)11(18)14(8(3)15)10(12)17/h4-5,8,15H,1-2,6-7H2,3H3. The van der Waals surface area contributed by atoms with E-state index >= 15 is 0 Å². The lowest BCUT2D eigenvalue weighted by Crippen LogP contribution is -2.55. The maximum atomic E-state index is 11.9. The normalized spacial score (nSPS) is 12.1. The van der Waals surface area contributed by atoms with Gasteiger partial charge in [0.05, 0.1) is 13.1 Å². The van der Waals surface area contributed by atoms with Crippen LogP contribution in [0.15, 0.2) is 39.7 Å². The predicted molar refractivity (Wildman–Crippen MR) is 66.5 cm³/mol. The van der Waals surface area contributed by atoms with Crippen molar-refractivity contribution >= 4 is 0 Å². The monoisotopic (exact) mass is 253 g/mol. The van der Waals surface area contributed by atoms with Crippen molar-refractivity contribution < 1.29 is 5.11 Å². The van der Waals surface area contributed by atoms with Crippen LogP contribution in [0.2, 0.25) is 0 Å². The molecule has 1 N–H and O–H groups in total. The minimum Gasteiger partial charge on any atom is -0.373 e. The summed E-state index contributed by atoms with van der Waals surface area (Å²) in [5.41, 5.74) is -2.47. The summed E-state index contributed by atoms with van der Waals surface area (Å²) in [6.45, 7) is 8.05. The summed E-state index contributed by atoms with van der Waals surface area (Å²) in [7, 11) is 0. The van der Waals surface area contributed by atoms with Gasteiger partial charge in [-0.1, -0.05) is 12.2 Å². The van der Waals surface area contributed by atoms with Gasteiger partial charge in [0.15, 0.2) is 0 Å². The Kier molecular flexibility index (Phi) is 4.22. The molecule has 0 amide bonds. The Hall–Kier alpha value is -2.15. The second kappa shape index (κ2) is 5.46. The van der Waals surface area contributed by atoms with E-state index in [0.717, 1.165) is 9.13 Å². The molecule has 0 saturated heterocycles. The minimum absolute atomic E-state index is 0.0399. The molecule has 7 heteroatoms. The van der Waals surface area contributed by atoms with Crippen LogP contribution in [0.5, 0.6) is 0 Å². The van der Waals surface area contributed by atoms with Crippen molar-refractivity contribution in [3.63, 3.8) is 0 Å². The smallest absolute Gasteiger partial charge is 0.338 e. The van der Waals surface area contributed by atoms with E-state index in [2.05, 4.69) is 13.2 Å². The lowest BCUT2D eigenvalue weighted by molar-refractivity contribution is 0.108. The van der Waals surface area contributed by atoms with Gasteiger partial charge in [0.2, 0.25) is 0 Å². The molecular weight excluding hydrogens is 238 g/mol. The van der Waals surface area contributed by atoms with Crippen LogP contribution in [0, 0.1) is 0 Å². The molecule has 0 saturated carbocycles. The van der Waals surface area contributed by atoms with Gasteiger partial charge in [-0.3, -0.25) is 0 Å². The first kappa shape index (κ1) is 13.9. The van der Waals surface area contributed by atoms with Crippen molar-refractivity contribution in [3.8, 4) is 0 Å². The highest BCUT2D eigenvalue weighted by atomic mass is 16.3. The Morgan fingerprint density at radius 3 is 1.72 bits per heavy atom. The van der Waals surface area contributed by atoms with E-state index in [4.69, 9.17) is 0 Å². The first-order valence-corrected chi connectivity index (χ1v) is 5.31. The summed E-state index contributed by atoms with van der Waals surface area (Å²) in [6.07, 6.45) is 1.40. The fourth-order valence-corrected chi connectivity index (χ4v) is 1.54. The molecule has 1 rings (SSSR count). The minimum atomic E-state index is -1.32. The van der Waals surface area contributed by atoms with Crippen LogP contribution in [0.1, 0.15) is 13.2 Å². The number of hydrogen-bond acceptors (Lipinski definition) is 4. The van der Waals surface area contributed by atoms with Crippen LogP contribution in [0.4, 0.5) is 0 Å². The number of aromatic nitrogens is 3. The fourth-order valence-electron chi connectivity index (χ4n) is 1.54. The van der Waals surface area contributed by atoms with Gasteiger partial charge in [-0.2, -0.15) is 0 Å². The van der Waals surface area contributed by atoms with Gasteiger partial charge in [-0.05, 0) is 6.92 Å². The zero-order chi connectivity index (χ0) is 13.9. The molecular formula is C11H15N3O4. The Labute approximate surface area is 103 Å². The number of rotatable bonds is 5. The predicted octanol–water partition coefficient (Wildman–Crippen LogP) is -0.946. The lowest BCUT2D eigenvalue weighted by Gasteiger charge is -2.13. The van der Waals surface area contributed by atoms with Crippen molar-refractivity contribution in [1.29, 1.82) is 0 Å². The second-order valence-electron chi connectivity index (χ2n) is 3.65. The molecule has 0 aliphatic carbocycles. The highest BCUT2D eigenvalue weighted by molar-refractivity contribution is 4.85. The number of allylic oxidation sites excluding steroid dienone is 2. The van der Waals surface area contributed by atoms with Gasteiger partial charge in [-0.25, -0.2) is 28.1 Å². The first-order chi connectivity index (χ1) is 8.45. The highest BCUT2D eigenvalue weighted by Gasteiger charge is 2.16. The number of aliphatic hydroxyl groups excluding tert-OH is 1. The summed E-state index contributed by atoms with van der Waals surface area (Å²) in [5, 5.41) is 9.44. The molecule has 1 aromatic heterocycles. The zero-order valence-electron chi connectivity index (χ0n) is 10.1. The van der Waals surface area contributed by atoms with Crippen LogP contribution in [-0.4, -0.2) is 18.8 Å². The third kappa shape index (κ3) is 2.25. The quantitative estimate of drug-likeness (QED) is 0.686. The van der Waals surface area contributed by atoms with Crippen molar-refractivity contribution in [2.24, 2.45) is 0 Å². The maximum absolute atomic E-state index is 11.9. The molecule has 1 aromatic rings. The molecule has 0 radical (unpaired) electrons. The summed E-state index contributed by atoms with van der Waals surface area (Å²) >= 11 is 0. The molecule has 0 aromatic carbocycles. The van der Waals surface area contributed by atoms with Crippen molar-refractivity contribution in [2.75, 3.05) is 0 Å². The van der Waals surface area contributed by atoms with Crippen LogP contribution in [0.3, 0.4) is 0 Å². The molecule has 0 aliphatic heterocycles. The summed E-state index contributed by atoms with van der Waals surface area (Å²) in [6, 6.07) is 0. The van der Waals surface area contributed by atoms with Crippen LogP contribution < -0.4 is 17.1 Å². The maximum Gasteiger partial charge on any atom is 0.338 e. The van der Waals surface area contributed by atoms with Crippen LogP contribution >= 0.6 is 0 Å². The van der Waals surface area contributed by atoms with Gasteiger partial charge in [0.25, 0.3) is 0 Å². The third-order valence-electron chi connectivity index (χ3n) is 2.33. The van der Waals surface area contributed by atoms with Gasteiger partial charge in [0, 0.05) is 0 Å². The third-order valence-corrected chi connectivity index (χ3v) is 2.33. The average molecular weight is 253 g/mol. The highest BCUT2D eigenvalue weighted by Crippen LogP contribution is 1.89. The molecule has 18 heavy (non-hydrogen) atoms. The lowest BCUT2D eigenvalue weighted by atomic mass is 10.5. The number of hydrogen-bond donors (Lipinski definition) is 1. The molecule has 0 spiro atoms. The number of nitrogens with zero attached hydrogens (tertiary/aromatic N) is 3. The van der Waals surface area contributed by atoms with E-state index in [9.17, 15) is 19.5 Å². The van der Waals surface area contributed by atoms with Gasteiger partial charge in [-0.15, -0.1) is 13.2 Å². The van der Waals surface area contributed by atoms with E-state index in [-0.39, 0.29) is 13.1 Å². The van der Waals surface area contributed by atoms with E-state index in [0.29, 0.717) is 4.57 Å². The SMILES string of the molecule is C=CCn1c(=O)n(CC=C)c(=O)n(C(C)O)c1=O. The molecule has 7 nitrogen and oxygen atoms in total. The van der Waals surface area contributed by atoms with E-state index < -0.39 is 23.3 Å². The summed E-state index contributed by atoms with van der Waals surface area (Å²) in [4.78, 5) is 35.7. The second-order valence-corrected chi connectivity index (χ2v) is 3.65. The molecule has 0 fully saturated rings. The molecule has 1 unspecified atom stereocenters. The van der Waals surface area contributed by atoms with E-state index in [1.807, 2.05) is 0 Å². The topological polar surface area (TPSA) is 86.2 Å². The Morgan fingerprint density at radius 2 is 1.44 bits per heavy atom.